The van der Waals surface area contributed by atoms with Gasteiger partial charge < -0.3 is 0 Å². The number of hydrogen-bond acceptors (Lipinski definition) is 4. The van der Waals surface area contributed by atoms with Crippen LogP contribution in [-0.4, -0.2) is 0 Å². The molecule has 0 saturated carbocycles. The van der Waals surface area contributed by atoms with E-state index >= 15 is 0 Å². The lowest BCUT2D eigenvalue weighted by atomic mass is 10.1. The molecular formula is C17H13ClN2S2. The van der Waals surface area contributed by atoms with Crippen LogP contribution in [0.2, 0.25) is 5.02 Å². The summed E-state index contributed by atoms with van der Waals surface area (Å²) >= 11 is 9.45. The minimum atomic E-state index is 0.183. The van der Waals surface area contributed by atoms with Gasteiger partial charge in [0.2, 0.25) is 0 Å². The molecule has 0 amide bonds. The maximum absolute atomic E-state index is 6.02. The number of rotatable bonds is 3. The van der Waals surface area contributed by atoms with Gasteiger partial charge in [-0.15, -0.1) is 0 Å². The predicted octanol–water partition coefficient (Wildman–Crippen LogP) is 5.57. The molecular weight excluding hydrogens is 332 g/mol. The van der Waals surface area contributed by atoms with Crippen LogP contribution in [0.5, 0.6) is 0 Å². The Morgan fingerprint density at radius 3 is 2.41 bits per heavy atom. The lowest BCUT2D eigenvalue weighted by Crippen LogP contribution is -2.33. The lowest BCUT2D eigenvalue weighted by molar-refractivity contribution is 0.726. The first-order valence-corrected chi connectivity index (χ1v) is 9.15. The van der Waals surface area contributed by atoms with E-state index in [9.17, 15) is 0 Å². The van der Waals surface area contributed by atoms with Gasteiger partial charge in [0.1, 0.15) is 0 Å². The van der Waals surface area contributed by atoms with E-state index in [-0.39, 0.29) is 6.04 Å². The molecule has 22 heavy (non-hydrogen) atoms. The first-order valence-electron chi connectivity index (χ1n) is 6.89. The average molecular weight is 345 g/mol. The zero-order valence-corrected chi connectivity index (χ0v) is 14.0. The van der Waals surface area contributed by atoms with Gasteiger partial charge in [-0.05, 0) is 64.2 Å². The van der Waals surface area contributed by atoms with Crippen LogP contribution >= 0.6 is 34.3 Å². The summed E-state index contributed by atoms with van der Waals surface area (Å²) in [5, 5.41) is 11.5. The van der Waals surface area contributed by atoms with Crippen LogP contribution in [0.4, 0.5) is 5.69 Å². The maximum Gasteiger partial charge on any atom is 0.0966 e. The summed E-state index contributed by atoms with van der Waals surface area (Å²) in [6.45, 7) is 0. The van der Waals surface area contributed by atoms with Crippen LogP contribution in [0.15, 0.2) is 64.0 Å². The van der Waals surface area contributed by atoms with Crippen molar-refractivity contribution in [2.75, 3.05) is 5.01 Å². The number of hydrogen-bond donors (Lipinski definition) is 1. The van der Waals surface area contributed by atoms with E-state index in [0.717, 1.165) is 16.4 Å². The molecule has 1 aliphatic heterocycles. The quantitative estimate of drug-likeness (QED) is 0.668. The van der Waals surface area contributed by atoms with E-state index in [1.54, 1.807) is 22.7 Å². The number of hydrazine groups is 1. The Morgan fingerprint density at radius 2 is 1.73 bits per heavy atom. The Balaban J connectivity index is 1.73. The Hall–Kier alpha value is -1.75. The molecule has 0 aliphatic carbocycles. The van der Waals surface area contributed by atoms with Crippen molar-refractivity contribution in [2.45, 2.75) is 6.04 Å². The molecule has 0 radical (unpaired) electrons. The summed E-state index contributed by atoms with van der Waals surface area (Å²) in [5.41, 5.74) is 8.29. The number of nitrogens with zero attached hydrogens (tertiary/aromatic N) is 1. The SMILES string of the molecule is Clc1ccc(N2NC(c3ccsc3)=CC2c2ccsc2)cc1. The summed E-state index contributed by atoms with van der Waals surface area (Å²) in [5.74, 6) is 0. The van der Waals surface area contributed by atoms with Gasteiger partial charge in [0.15, 0.2) is 0 Å². The molecule has 1 atom stereocenters. The standard InChI is InChI=1S/C17H13ClN2S2/c18-14-1-3-15(4-2-14)20-17(13-6-8-22-11-13)9-16(19-20)12-5-7-21-10-12/h1-11,17,19H. The van der Waals surface area contributed by atoms with Crippen molar-refractivity contribution in [3.63, 3.8) is 0 Å². The molecule has 1 N–H and O–H groups in total. The molecule has 0 spiro atoms. The molecule has 3 heterocycles. The van der Waals surface area contributed by atoms with Gasteiger partial charge >= 0.3 is 0 Å². The van der Waals surface area contributed by atoms with E-state index < -0.39 is 0 Å². The van der Waals surface area contributed by atoms with Crippen molar-refractivity contribution in [1.82, 2.24) is 5.43 Å². The van der Waals surface area contributed by atoms with Crippen molar-refractivity contribution < 1.29 is 0 Å². The zero-order valence-electron chi connectivity index (χ0n) is 11.6. The van der Waals surface area contributed by atoms with Gasteiger partial charge in [-0.25, -0.2) is 0 Å². The van der Waals surface area contributed by atoms with E-state index in [4.69, 9.17) is 11.6 Å². The van der Waals surface area contributed by atoms with Crippen molar-refractivity contribution in [3.8, 4) is 0 Å². The van der Waals surface area contributed by atoms with Crippen molar-refractivity contribution in [3.05, 3.63) is 80.1 Å². The molecule has 1 aliphatic rings. The van der Waals surface area contributed by atoms with Gasteiger partial charge in [0.25, 0.3) is 0 Å². The summed E-state index contributed by atoms with van der Waals surface area (Å²) in [4.78, 5) is 0. The summed E-state index contributed by atoms with van der Waals surface area (Å²) < 4.78 is 0. The third kappa shape index (κ3) is 2.54. The monoisotopic (exact) mass is 344 g/mol. The molecule has 4 rings (SSSR count). The molecule has 1 aromatic carbocycles. The highest BCUT2D eigenvalue weighted by molar-refractivity contribution is 7.08. The maximum atomic E-state index is 6.02. The topological polar surface area (TPSA) is 15.3 Å². The molecule has 2 nitrogen and oxygen atoms in total. The Labute approximate surface area is 142 Å². The number of anilines is 1. The zero-order chi connectivity index (χ0) is 14.9. The number of thiophene rings is 2. The molecule has 1 unspecified atom stereocenters. The van der Waals surface area contributed by atoms with Crippen LogP contribution in [0, 0.1) is 0 Å². The first-order chi connectivity index (χ1) is 10.8. The molecule has 3 aromatic rings. The molecule has 5 heteroatoms. The lowest BCUT2D eigenvalue weighted by Gasteiger charge is -2.27. The van der Waals surface area contributed by atoms with E-state index in [1.165, 1.54) is 11.1 Å². The van der Waals surface area contributed by atoms with Crippen molar-refractivity contribution >= 4 is 45.7 Å². The minimum Gasteiger partial charge on any atom is -0.297 e. The number of halogens is 1. The van der Waals surface area contributed by atoms with Crippen molar-refractivity contribution in [2.24, 2.45) is 0 Å². The van der Waals surface area contributed by atoms with Crippen LogP contribution in [-0.2, 0) is 0 Å². The summed E-state index contributed by atoms with van der Waals surface area (Å²) in [6, 6.07) is 12.4. The molecule has 0 bridgehead atoms. The normalized spacial score (nSPS) is 17.4. The predicted molar refractivity (Wildman–Crippen MR) is 96.4 cm³/mol. The van der Waals surface area contributed by atoms with E-state index in [2.05, 4.69) is 50.2 Å². The fourth-order valence-electron chi connectivity index (χ4n) is 2.56. The van der Waals surface area contributed by atoms with Gasteiger partial charge in [0, 0.05) is 16.0 Å². The van der Waals surface area contributed by atoms with Gasteiger partial charge in [-0.2, -0.15) is 22.7 Å². The first kappa shape index (κ1) is 13.9. The highest BCUT2D eigenvalue weighted by atomic mass is 35.5. The third-order valence-corrected chi connectivity index (χ3v) is 5.30. The van der Waals surface area contributed by atoms with E-state index in [0.29, 0.717) is 0 Å². The van der Waals surface area contributed by atoms with Gasteiger partial charge in [-0.3, -0.25) is 10.4 Å². The third-order valence-electron chi connectivity index (χ3n) is 3.67. The molecule has 2 aromatic heterocycles. The summed E-state index contributed by atoms with van der Waals surface area (Å²) in [6.07, 6.45) is 2.28. The Bertz CT molecular complexity index is 777. The highest BCUT2D eigenvalue weighted by Gasteiger charge is 2.27. The van der Waals surface area contributed by atoms with Crippen LogP contribution in [0.25, 0.3) is 5.70 Å². The molecule has 0 saturated heterocycles. The highest BCUT2D eigenvalue weighted by Crippen LogP contribution is 2.36. The minimum absolute atomic E-state index is 0.183. The van der Waals surface area contributed by atoms with Crippen molar-refractivity contribution in [1.29, 1.82) is 0 Å². The van der Waals surface area contributed by atoms with Crippen LogP contribution in [0.1, 0.15) is 17.2 Å². The molecule has 0 fully saturated rings. The van der Waals surface area contributed by atoms with Crippen LogP contribution < -0.4 is 10.4 Å². The van der Waals surface area contributed by atoms with E-state index in [1.807, 2.05) is 24.3 Å². The average Bonchev–Trinajstić information content (AvgIpc) is 3.27. The number of nitrogens with one attached hydrogen (secondary N) is 1. The fraction of sp³-hybridized carbons (Fsp3) is 0.0588. The summed E-state index contributed by atoms with van der Waals surface area (Å²) in [7, 11) is 0. The smallest absolute Gasteiger partial charge is 0.0966 e. The second-order valence-electron chi connectivity index (χ2n) is 5.05. The Morgan fingerprint density at radius 1 is 0.955 bits per heavy atom. The number of benzene rings is 1. The second kappa shape index (κ2) is 5.80. The van der Waals surface area contributed by atoms with Gasteiger partial charge in [0.05, 0.1) is 17.4 Å². The fourth-order valence-corrected chi connectivity index (χ4v) is 4.03. The van der Waals surface area contributed by atoms with Gasteiger partial charge in [-0.1, -0.05) is 11.6 Å². The Kier molecular flexibility index (Phi) is 3.66. The molecule has 110 valence electrons. The largest absolute Gasteiger partial charge is 0.297 e. The van der Waals surface area contributed by atoms with Crippen LogP contribution in [0.3, 0.4) is 0 Å². The second-order valence-corrected chi connectivity index (χ2v) is 7.05.